The lowest BCUT2D eigenvalue weighted by Gasteiger charge is -2.05. The maximum Gasteiger partial charge on any atom is 0.224 e. The van der Waals surface area contributed by atoms with Gasteiger partial charge in [0, 0.05) is 13.1 Å². The lowest BCUT2D eigenvalue weighted by Crippen LogP contribution is -2.28. The Balaban J connectivity index is 2.20. The number of nitrogens with one attached hydrogen (secondary N) is 2. The van der Waals surface area contributed by atoms with Crippen molar-refractivity contribution >= 4 is 12.3 Å². The lowest BCUT2D eigenvalue weighted by molar-refractivity contribution is -0.120. The van der Waals surface area contributed by atoms with Crippen LogP contribution in [0.4, 0.5) is 4.39 Å². The van der Waals surface area contributed by atoms with Gasteiger partial charge in [-0.3, -0.25) is 9.59 Å². The summed E-state index contributed by atoms with van der Waals surface area (Å²) in [6.45, 7) is 1.06. The Morgan fingerprint density at radius 3 is 2.59 bits per heavy atom. The highest BCUT2D eigenvalue weighted by Crippen LogP contribution is 2.03. The maximum absolute atomic E-state index is 12.6. The van der Waals surface area contributed by atoms with Crippen molar-refractivity contribution in [3.63, 3.8) is 0 Å². The minimum absolute atomic E-state index is 0.109. The van der Waals surface area contributed by atoms with Crippen LogP contribution in [-0.4, -0.2) is 25.4 Å². The molecular formula is C12H15FN2O2. The number of hydrogen-bond acceptors (Lipinski definition) is 2. The molecule has 4 nitrogen and oxygen atoms in total. The van der Waals surface area contributed by atoms with Gasteiger partial charge >= 0.3 is 0 Å². The van der Waals surface area contributed by atoms with Gasteiger partial charge in [0.05, 0.1) is 6.42 Å². The molecule has 0 aliphatic heterocycles. The molecule has 0 saturated heterocycles. The van der Waals surface area contributed by atoms with Crippen LogP contribution in [0.15, 0.2) is 24.3 Å². The van der Waals surface area contributed by atoms with Gasteiger partial charge < -0.3 is 10.6 Å². The minimum atomic E-state index is -0.311. The van der Waals surface area contributed by atoms with Crippen LogP contribution in [0.1, 0.15) is 12.0 Å². The van der Waals surface area contributed by atoms with Gasteiger partial charge in [-0.1, -0.05) is 12.1 Å². The summed E-state index contributed by atoms with van der Waals surface area (Å²) in [6, 6.07) is 5.83. The van der Waals surface area contributed by atoms with Crippen molar-refractivity contribution in [3.05, 3.63) is 35.6 Å². The van der Waals surface area contributed by atoms with Crippen molar-refractivity contribution in [2.75, 3.05) is 13.1 Å². The Morgan fingerprint density at radius 1 is 1.24 bits per heavy atom. The van der Waals surface area contributed by atoms with E-state index in [2.05, 4.69) is 10.6 Å². The monoisotopic (exact) mass is 238 g/mol. The number of carbonyl (C=O) groups is 2. The highest BCUT2D eigenvalue weighted by Gasteiger charge is 2.02. The summed E-state index contributed by atoms with van der Waals surface area (Å²) in [6.07, 6.45) is 1.55. The third-order valence-electron chi connectivity index (χ3n) is 2.18. The van der Waals surface area contributed by atoms with E-state index in [1.54, 1.807) is 12.1 Å². The zero-order chi connectivity index (χ0) is 12.5. The van der Waals surface area contributed by atoms with Gasteiger partial charge in [-0.15, -0.1) is 0 Å². The Hall–Kier alpha value is -1.91. The molecule has 1 rings (SSSR count). The van der Waals surface area contributed by atoms with Gasteiger partial charge in [-0.05, 0) is 24.1 Å². The summed E-state index contributed by atoms with van der Waals surface area (Å²) in [5.41, 5.74) is 0.773. The van der Waals surface area contributed by atoms with Crippen LogP contribution in [0, 0.1) is 5.82 Å². The third-order valence-corrected chi connectivity index (χ3v) is 2.18. The fourth-order valence-corrected chi connectivity index (χ4v) is 1.33. The van der Waals surface area contributed by atoms with Gasteiger partial charge in [0.15, 0.2) is 0 Å². The summed E-state index contributed by atoms with van der Waals surface area (Å²) in [7, 11) is 0. The first-order chi connectivity index (χ1) is 8.22. The highest BCUT2D eigenvalue weighted by molar-refractivity contribution is 5.78. The second kappa shape index (κ2) is 7.38. The van der Waals surface area contributed by atoms with Crippen molar-refractivity contribution in [1.82, 2.24) is 10.6 Å². The molecule has 0 heterocycles. The summed E-state index contributed by atoms with van der Waals surface area (Å²) in [4.78, 5) is 21.4. The fourth-order valence-electron chi connectivity index (χ4n) is 1.33. The predicted molar refractivity (Wildman–Crippen MR) is 61.8 cm³/mol. The van der Waals surface area contributed by atoms with Crippen LogP contribution in [0.5, 0.6) is 0 Å². The van der Waals surface area contributed by atoms with E-state index in [4.69, 9.17) is 0 Å². The summed E-state index contributed by atoms with van der Waals surface area (Å²) in [5, 5.41) is 5.22. The molecule has 17 heavy (non-hydrogen) atoms. The minimum Gasteiger partial charge on any atom is -0.359 e. The molecule has 5 heteroatoms. The first-order valence-corrected chi connectivity index (χ1v) is 5.40. The largest absolute Gasteiger partial charge is 0.359 e. The highest BCUT2D eigenvalue weighted by atomic mass is 19.1. The maximum atomic E-state index is 12.6. The number of carbonyl (C=O) groups excluding carboxylic acids is 2. The van der Waals surface area contributed by atoms with Crippen LogP contribution in [0.2, 0.25) is 0 Å². The summed E-state index contributed by atoms with van der Waals surface area (Å²) < 4.78 is 12.6. The second-order valence-electron chi connectivity index (χ2n) is 3.58. The summed E-state index contributed by atoms with van der Waals surface area (Å²) in [5.74, 6) is -0.420. The van der Waals surface area contributed by atoms with Crippen LogP contribution in [-0.2, 0) is 16.0 Å². The van der Waals surface area contributed by atoms with Crippen molar-refractivity contribution in [2.24, 2.45) is 0 Å². The first-order valence-electron chi connectivity index (χ1n) is 5.40. The van der Waals surface area contributed by atoms with Crippen molar-refractivity contribution in [3.8, 4) is 0 Å². The van der Waals surface area contributed by atoms with Gasteiger partial charge in [-0.25, -0.2) is 4.39 Å². The topological polar surface area (TPSA) is 58.2 Å². The molecular weight excluding hydrogens is 223 g/mol. The normalized spacial score (nSPS) is 9.71. The SMILES string of the molecule is O=CNCCCNC(=O)Cc1ccc(F)cc1. The van der Waals surface area contributed by atoms with Gasteiger partial charge in [0.1, 0.15) is 5.82 Å². The average molecular weight is 238 g/mol. The molecule has 0 aromatic heterocycles. The van der Waals surface area contributed by atoms with Gasteiger partial charge in [-0.2, -0.15) is 0 Å². The molecule has 0 aliphatic rings. The van der Waals surface area contributed by atoms with E-state index in [1.807, 2.05) is 0 Å². The number of rotatable bonds is 7. The zero-order valence-electron chi connectivity index (χ0n) is 9.41. The second-order valence-corrected chi connectivity index (χ2v) is 3.58. The van der Waals surface area contributed by atoms with Crippen LogP contribution >= 0.6 is 0 Å². The summed E-state index contributed by atoms with van der Waals surface area (Å²) >= 11 is 0. The standard InChI is InChI=1S/C12H15FN2O2/c13-11-4-2-10(3-5-11)8-12(17)15-7-1-6-14-9-16/h2-5,9H,1,6-8H2,(H,14,16)(H,15,17). The molecule has 0 unspecified atom stereocenters. The van der Waals surface area contributed by atoms with Gasteiger partial charge in [0.2, 0.25) is 12.3 Å². The number of benzene rings is 1. The molecule has 0 radical (unpaired) electrons. The van der Waals surface area contributed by atoms with Crippen molar-refractivity contribution in [1.29, 1.82) is 0 Å². The predicted octanol–water partition coefficient (Wildman–Crippen LogP) is 0.620. The molecule has 1 aromatic rings. The van der Waals surface area contributed by atoms with E-state index in [0.717, 1.165) is 5.56 Å². The zero-order valence-corrected chi connectivity index (χ0v) is 9.41. The molecule has 0 atom stereocenters. The van der Waals surface area contributed by atoms with E-state index < -0.39 is 0 Å². The van der Waals surface area contributed by atoms with Crippen molar-refractivity contribution in [2.45, 2.75) is 12.8 Å². The smallest absolute Gasteiger partial charge is 0.224 e. The molecule has 0 fully saturated rings. The Kier molecular flexibility index (Phi) is 5.71. The van der Waals surface area contributed by atoms with E-state index >= 15 is 0 Å². The van der Waals surface area contributed by atoms with Crippen LogP contribution in [0.25, 0.3) is 0 Å². The third kappa shape index (κ3) is 5.65. The molecule has 0 spiro atoms. The number of hydrogen-bond donors (Lipinski definition) is 2. The molecule has 92 valence electrons. The molecule has 0 saturated carbocycles. The molecule has 1 aromatic carbocycles. The van der Waals surface area contributed by atoms with E-state index in [9.17, 15) is 14.0 Å². The average Bonchev–Trinajstić information content (AvgIpc) is 2.32. The van der Waals surface area contributed by atoms with Gasteiger partial charge in [0.25, 0.3) is 0 Å². The van der Waals surface area contributed by atoms with Crippen LogP contribution < -0.4 is 10.6 Å². The van der Waals surface area contributed by atoms with Crippen molar-refractivity contribution < 1.29 is 14.0 Å². The number of halogens is 1. The number of amides is 2. The quantitative estimate of drug-likeness (QED) is 0.540. The fraction of sp³-hybridized carbons (Fsp3) is 0.333. The molecule has 2 amide bonds. The molecule has 0 aliphatic carbocycles. The Bertz CT molecular complexity index is 365. The van der Waals surface area contributed by atoms with E-state index in [-0.39, 0.29) is 18.1 Å². The molecule has 0 bridgehead atoms. The first kappa shape index (κ1) is 13.2. The van der Waals surface area contributed by atoms with E-state index in [0.29, 0.717) is 25.9 Å². The molecule has 2 N–H and O–H groups in total. The Morgan fingerprint density at radius 2 is 1.94 bits per heavy atom. The van der Waals surface area contributed by atoms with Crippen LogP contribution in [0.3, 0.4) is 0 Å². The van der Waals surface area contributed by atoms with E-state index in [1.165, 1.54) is 12.1 Å². The Labute approximate surface area is 99.2 Å². The lowest BCUT2D eigenvalue weighted by atomic mass is 10.1.